The molecule has 0 amide bonds. The zero-order chi connectivity index (χ0) is 25.3. The second kappa shape index (κ2) is 9.65. The van der Waals surface area contributed by atoms with E-state index in [-0.39, 0.29) is 5.78 Å². The van der Waals surface area contributed by atoms with Gasteiger partial charge in [-0.1, -0.05) is 38.3 Å². The smallest absolute Gasteiger partial charge is 0.329 e. The summed E-state index contributed by atoms with van der Waals surface area (Å²) >= 11 is 3.43. The Bertz CT molecular complexity index is 1340. The summed E-state index contributed by atoms with van der Waals surface area (Å²) in [6, 6.07) is 11.6. The van der Waals surface area contributed by atoms with Crippen molar-refractivity contribution in [2.45, 2.75) is 57.4 Å². The summed E-state index contributed by atoms with van der Waals surface area (Å²) in [6.07, 6.45) is 10.6. The average Bonchev–Trinajstić information content (AvgIpc) is 2.92. The summed E-state index contributed by atoms with van der Waals surface area (Å²) in [5, 5.41) is 19.0. The van der Waals surface area contributed by atoms with Crippen LogP contribution in [0.2, 0.25) is 0 Å². The van der Waals surface area contributed by atoms with Crippen molar-refractivity contribution in [2.75, 3.05) is 5.32 Å². The summed E-state index contributed by atoms with van der Waals surface area (Å²) in [5.41, 5.74) is 0.748. The topological polar surface area (TPSA) is 104 Å². The van der Waals surface area contributed by atoms with E-state index >= 15 is 0 Å². The first-order chi connectivity index (χ1) is 17.4. The first kappa shape index (κ1) is 24.4. The molecule has 2 aromatic heterocycles. The normalized spacial score (nSPS) is 18.6. The summed E-state index contributed by atoms with van der Waals surface area (Å²) < 4.78 is 0.500. The number of hydrogen-bond acceptors (Lipinski definition) is 6. The van der Waals surface area contributed by atoms with Gasteiger partial charge in [-0.05, 0) is 70.4 Å². The van der Waals surface area contributed by atoms with Crippen LogP contribution in [-0.2, 0) is 16.0 Å². The van der Waals surface area contributed by atoms with Gasteiger partial charge >= 0.3 is 5.97 Å². The molecular weight excluding hydrogens is 520 g/mol. The van der Waals surface area contributed by atoms with Gasteiger partial charge in [0.1, 0.15) is 11.4 Å². The Labute approximate surface area is 218 Å². The SMILES string of the molecule is CC[C@@](Cc1ccc(Nc2nccc3ccncc23)cc1)(NC1=C(Br)C(=O)C12CCCCC2)C(=O)O. The molecule has 2 aliphatic carbocycles. The number of Topliss-reactive ketones (excluding diaryl/α,β-unsaturated/α-hetero) is 1. The monoisotopic (exact) mass is 548 g/mol. The van der Waals surface area contributed by atoms with Gasteiger partial charge in [-0.3, -0.25) is 9.78 Å². The van der Waals surface area contributed by atoms with E-state index in [4.69, 9.17) is 0 Å². The van der Waals surface area contributed by atoms with Gasteiger partial charge in [-0.15, -0.1) is 0 Å². The number of carboxylic acids is 1. The number of carbonyl (C=O) groups is 2. The van der Waals surface area contributed by atoms with Crippen LogP contribution in [0.3, 0.4) is 0 Å². The maximum atomic E-state index is 12.8. The van der Waals surface area contributed by atoms with Crippen molar-refractivity contribution >= 4 is 50.0 Å². The third kappa shape index (κ3) is 4.17. The van der Waals surface area contributed by atoms with Crippen LogP contribution >= 0.6 is 15.9 Å². The molecule has 1 atom stereocenters. The van der Waals surface area contributed by atoms with Gasteiger partial charge in [0.2, 0.25) is 0 Å². The van der Waals surface area contributed by atoms with Gasteiger partial charge in [-0.2, -0.15) is 0 Å². The largest absolute Gasteiger partial charge is 0.479 e. The van der Waals surface area contributed by atoms with Crippen LogP contribution in [0.1, 0.15) is 51.0 Å². The molecular formula is C28H29BrN4O3. The zero-order valence-electron chi connectivity index (χ0n) is 20.2. The standard InChI is InChI=1S/C28H29BrN4O3/c1-2-28(26(35)36,33-23-22(29)24(34)27(23)12-4-3-5-13-27)16-18-6-8-20(9-7-18)32-25-21-17-30-14-10-19(21)11-15-31-25/h6-11,14-15,17,33H,2-5,12-13,16H2,1H3,(H,31,32)(H,35,36)/t28-/m0/s1. The molecule has 0 saturated heterocycles. The number of allylic oxidation sites excluding steroid dienone is 2. The van der Waals surface area contributed by atoms with Crippen LogP contribution in [0.5, 0.6) is 0 Å². The van der Waals surface area contributed by atoms with Gasteiger partial charge < -0.3 is 15.7 Å². The van der Waals surface area contributed by atoms with Crippen LogP contribution in [0.15, 0.2) is 65.2 Å². The van der Waals surface area contributed by atoms with Crippen LogP contribution in [0, 0.1) is 5.41 Å². The molecule has 5 rings (SSSR count). The average molecular weight is 549 g/mol. The molecule has 0 bridgehead atoms. The molecule has 3 aromatic rings. The van der Waals surface area contributed by atoms with E-state index in [1.807, 2.05) is 43.3 Å². The van der Waals surface area contributed by atoms with Crippen LogP contribution in [0.25, 0.3) is 10.8 Å². The molecule has 1 aromatic carbocycles. The minimum absolute atomic E-state index is 0.104. The highest BCUT2D eigenvalue weighted by Crippen LogP contribution is 2.54. The number of aromatic nitrogens is 2. The van der Waals surface area contributed by atoms with Gasteiger partial charge in [-0.25, -0.2) is 9.78 Å². The number of aliphatic carboxylic acids is 1. The second-order valence-electron chi connectivity index (χ2n) is 9.78. The highest BCUT2D eigenvalue weighted by Gasteiger charge is 2.55. The lowest BCUT2D eigenvalue weighted by molar-refractivity contribution is -0.145. The van der Waals surface area contributed by atoms with Crippen molar-refractivity contribution < 1.29 is 14.7 Å². The third-order valence-corrected chi connectivity index (χ3v) is 8.46. The number of ketones is 1. The molecule has 2 aliphatic rings. The first-order valence-corrected chi connectivity index (χ1v) is 13.2. The van der Waals surface area contributed by atoms with Gasteiger partial charge in [0.15, 0.2) is 5.78 Å². The predicted octanol–water partition coefficient (Wildman–Crippen LogP) is 5.88. The number of hydrogen-bond donors (Lipinski definition) is 3. The summed E-state index contributed by atoms with van der Waals surface area (Å²) in [4.78, 5) is 34.1. The number of nitrogens with zero attached hydrogens (tertiary/aromatic N) is 2. The second-order valence-corrected chi connectivity index (χ2v) is 10.6. The molecule has 1 spiro atoms. The van der Waals surface area contributed by atoms with E-state index in [0.29, 0.717) is 23.1 Å². The molecule has 186 valence electrons. The number of pyridine rings is 2. The quantitative estimate of drug-likeness (QED) is 0.323. The molecule has 2 heterocycles. The number of nitrogens with one attached hydrogen (secondary N) is 2. The number of carbonyl (C=O) groups excluding carboxylic acids is 1. The summed E-state index contributed by atoms with van der Waals surface area (Å²) in [5.74, 6) is -0.0989. The fraction of sp³-hybridized carbons (Fsp3) is 0.357. The predicted molar refractivity (Wildman–Crippen MR) is 143 cm³/mol. The van der Waals surface area contributed by atoms with Crippen LogP contribution in [-0.4, -0.2) is 32.4 Å². The molecule has 3 N–H and O–H groups in total. The van der Waals surface area contributed by atoms with Gasteiger partial charge in [0.05, 0.1) is 9.90 Å². The Hall–Kier alpha value is -3.26. The maximum Gasteiger partial charge on any atom is 0.329 e. The molecule has 1 saturated carbocycles. The Morgan fingerprint density at radius 1 is 1.11 bits per heavy atom. The highest BCUT2D eigenvalue weighted by atomic mass is 79.9. The minimum atomic E-state index is -1.21. The molecule has 1 fully saturated rings. The Kier molecular flexibility index (Phi) is 6.55. The summed E-state index contributed by atoms with van der Waals surface area (Å²) in [7, 11) is 0. The number of halogens is 1. The first-order valence-electron chi connectivity index (χ1n) is 12.4. The van der Waals surface area contributed by atoms with E-state index in [1.54, 1.807) is 18.6 Å². The van der Waals surface area contributed by atoms with Crippen molar-refractivity contribution in [3.05, 3.63) is 70.7 Å². The lowest BCUT2D eigenvalue weighted by atomic mass is 9.62. The lowest BCUT2D eigenvalue weighted by Gasteiger charge is -2.48. The molecule has 0 unspecified atom stereocenters. The third-order valence-electron chi connectivity index (χ3n) is 7.71. The zero-order valence-corrected chi connectivity index (χ0v) is 21.8. The van der Waals surface area contributed by atoms with Crippen molar-refractivity contribution in [3.63, 3.8) is 0 Å². The summed E-state index contributed by atoms with van der Waals surface area (Å²) in [6.45, 7) is 1.87. The Balaban J connectivity index is 1.37. The van der Waals surface area contributed by atoms with Crippen molar-refractivity contribution in [3.8, 4) is 0 Å². The number of carboxylic acid groups (broad SMARTS) is 1. The molecule has 8 heteroatoms. The number of rotatable bonds is 8. The Morgan fingerprint density at radius 2 is 1.83 bits per heavy atom. The van der Waals surface area contributed by atoms with Gasteiger partial charge in [0, 0.05) is 41.8 Å². The van der Waals surface area contributed by atoms with Crippen LogP contribution < -0.4 is 10.6 Å². The van der Waals surface area contributed by atoms with E-state index in [2.05, 4.69) is 36.5 Å². The highest BCUT2D eigenvalue weighted by molar-refractivity contribution is 9.12. The van der Waals surface area contributed by atoms with E-state index < -0.39 is 16.9 Å². The fourth-order valence-electron chi connectivity index (χ4n) is 5.47. The molecule has 7 nitrogen and oxygen atoms in total. The lowest BCUT2D eigenvalue weighted by Crippen LogP contribution is -2.60. The number of benzene rings is 1. The van der Waals surface area contributed by atoms with Crippen molar-refractivity contribution in [1.29, 1.82) is 0 Å². The number of anilines is 2. The van der Waals surface area contributed by atoms with Crippen molar-refractivity contribution in [1.82, 2.24) is 15.3 Å². The van der Waals surface area contributed by atoms with E-state index in [0.717, 1.165) is 59.8 Å². The molecule has 0 radical (unpaired) electrons. The molecule has 0 aliphatic heterocycles. The molecule has 36 heavy (non-hydrogen) atoms. The van der Waals surface area contributed by atoms with Crippen LogP contribution in [0.4, 0.5) is 11.5 Å². The minimum Gasteiger partial charge on any atom is -0.479 e. The van der Waals surface area contributed by atoms with Gasteiger partial charge in [0.25, 0.3) is 0 Å². The number of fused-ring (bicyclic) bond motifs is 1. The Morgan fingerprint density at radius 3 is 2.53 bits per heavy atom. The fourth-order valence-corrected chi connectivity index (χ4v) is 6.33. The maximum absolute atomic E-state index is 12.8. The van der Waals surface area contributed by atoms with Crippen molar-refractivity contribution in [2.24, 2.45) is 5.41 Å². The van der Waals surface area contributed by atoms with E-state index in [1.165, 1.54) is 0 Å². The van der Waals surface area contributed by atoms with E-state index in [9.17, 15) is 14.7 Å².